The van der Waals surface area contributed by atoms with Gasteiger partial charge in [0.15, 0.2) is 5.78 Å². The minimum absolute atomic E-state index is 0.0483. The van der Waals surface area contributed by atoms with Gasteiger partial charge < -0.3 is 10.2 Å². The zero-order chi connectivity index (χ0) is 17.3. The summed E-state index contributed by atoms with van der Waals surface area (Å²) in [6, 6.07) is 3.88. The summed E-state index contributed by atoms with van der Waals surface area (Å²) < 4.78 is 0. The van der Waals surface area contributed by atoms with E-state index in [0.29, 0.717) is 5.92 Å². The fourth-order valence-corrected chi connectivity index (χ4v) is 4.39. The maximum atomic E-state index is 12.3. The standard InChI is InChI=1S/C18H24N2O3S/c1-18(2)16(19-17(18)23)12-7-9-20(10-8-12)15(22)6-5-13(21)14-4-3-11-24-14/h3-4,11-12,16H,5-10H2,1-2H3,(H,19,23)/t16-/m1/s1. The molecule has 1 atom stereocenters. The predicted molar refractivity (Wildman–Crippen MR) is 92.9 cm³/mol. The number of nitrogens with one attached hydrogen (secondary N) is 1. The molecular weight excluding hydrogens is 324 g/mol. The van der Waals surface area contributed by atoms with Crippen molar-refractivity contribution in [2.45, 2.75) is 45.6 Å². The van der Waals surface area contributed by atoms with Gasteiger partial charge >= 0.3 is 0 Å². The Morgan fingerprint density at radius 1 is 1.29 bits per heavy atom. The van der Waals surface area contributed by atoms with Gasteiger partial charge in [-0.15, -0.1) is 11.3 Å². The molecule has 3 rings (SSSR count). The molecule has 1 aromatic rings. The molecule has 130 valence electrons. The van der Waals surface area contributed by atoms with Gasteiger partial charge in [0.25, 0.3) is 0 Å². The molecule has 2 aliphatic rings. The Balaban J connectivity index is 1.44. The van der Waals surface area contributed by atoms with Crippen LogP contribution in [0.3, 0.4) is 0 Å². The number of hydrogen-bond acceptors (Lipinski definition) is 4. The zero-order valence-corrected chi connectivity index (χ0v) is 15.0. The summed E-state index contributed by atoms with van der Waals surface area (Å²) in [5, 5.41) is 4.89. The summed E-state index contributed by atoms with van der Waals surface area (Å²) >= 11 is 1.42. The van der Waals surface area contributed by atoms with Crippen molar-refractivity contribution in [3.05, 3.63) is 22.4 Å². The Hall–Kier alpha value is -1.69. The zero-order valence-electron chi connectivity index (χ0n) is 14.2. The van der Waals surface area contributed by atoms with Gasteiger partial charge in [-0.3, -0.25) is 14.4 Å². The van der Waals surface area contributed by atoms with Crippen molar-refractivity contribution in [2.75, 3.05) is 13.1 Å². The lowest BCUT2D eigenvalue weighted by molar-refractivity contribution is -0.147. The van der Waals surface area contributed by atoms with Crippen LogP contribution in [0.25, 0.3) is 0 Å². The summed E-state index contributed by atoms with van der Waals surface area (Å²) in [5.74, 6) is 0.676. The van der Waals surface area contributed by atoms with E-state index in [1.165, 1.54) is 11.3 Å². The number of amides is 2. The largest absolute Gasteiger partial charge is 0.351 e. The van der Waals surface area contributed by atoms with E-state index in [2.05, 4.69) is 5.32 Å². The van der Waals surface area contributed by atoms with Crippen LogP contribution in [0.5, 0.6) is 0 Å². The third kappa shape index (κ3) is 3.24. The molecule has 2 fully saturated rings. The van der Waals surface area contributed by atoms with Gasteiger partial charge in [0, 0.05) is 32.0 Å². The van der Waals surface area contributed by atoms with Crippen molar-refractivity contribution in [1.82, 2.24) is 10.2 Å². The van der Waals surface area contributed by atoms with Crippen molar-refractivity contribution in [3.63, 3.8) is 0 Å². The lowest BCUT2D eigenvalue weighted by Crippen LogP contribution is -2.68. The normalized spacial score (nSPS) is 23.5. The van der Waals surface area contributed by atoms with Crippen LogP contribution in [0.15, 0.2) is 17.5 Å². The summed E-state index contributed by atoms with van der Waals surface area (Å²) in [6.45, 7) is 5.42. The number of β-lactam (4-membered cyclic amide) rings is 1. The Morgan fingerprint density at radius 2 is 2.00 bits per heavy atom. The van der Waals surface area contributed by atoms with Crippen molar-refractivity contribution in [3.8, 4) is 0 Å². The number of rotatable bonds is 5. The number of carbonyl (C=O) groups excluding carboxylic acids is 3. The molecule has 0 radical (unpaired) electrons. The molecule has 24 heavy (non-hydrogen) atoms. The molecule has 3 heterocycles. The highest BCUT2D eigenvalue weighted by Crippen LogP contribution is 2.38. The van der Waals surface area contributed by atoms with Crippen LogP contribution in [0.2, 0.25) is 0 Å². The van der Waals surface area contributed by atoms with Crippen LogP contribution >= 0.6 is 11.3 Å². The number of hydrogen-bond donors (Lipinski definition) is 1. The number of carbonyl (C=O) groups is 3. The quantitative estimate of drug-likeness (QED) is 0.657. The van der Waals surface area contributed by atoms with Gasteiger partial charge in [0.1, 0.15) is 0 Å². The van der Waals surface area contributed by atoms with Gasteiger partial charge in [0.05, 0.1) is 10.3 Å². The number of likely N-dealkylation sites (tertiary alicyclic amines) is 1. The third-order valence-corrected chi connectivity index (χ3v) is 6.29. The lowest BCUT2D eigenvalue weighted by atomic mass is 9.68. The summed E-state index contributed by atoms with van der Waals surface area (Å²) in [4.78, 5) is 38.5. The first kappa shape index (κ1) is 17.1. The molecule has 5 nitrogen and oxygen atoms in total. The molecule has 0 bridgehead atoms. The molecule has 0 unspecified atom stereocenters. The summed E-state index contributed by atoms with van der Waals surface area (Å²) in [7, 11) is 0. The fourth-order valence-electron chi connectivity index (χ4n) is 3.70. The van der Waals surface area contributed by atoms with E-state index >= 15 is 0 Å². The number of nitrogens with zero attached hydrogens (tertiary/aromatic N) is 1. The van der Waals surface area contributed by atoms with Crippen LogP contribution < -0.4 is 5.32 Å². The first-order chi connectivity index (χ1) is 11.4. The van der Waals surface area contributed by atoms with Gasteiger partial charge in [-0.1, -0.05) is 6.07 Å². The van der Waals surface area contributed by atoms with E-state index in [-0.39, 0.29) is 41.9 Å². The molecule has 0 saturated carbocycles. The van der Waals surface area contributed by atoms with Gasteiger partial charge in [0.2, 0.25) is 11.8 Å². The average molecular weight is 348 g/mol. The number of piperidine rings is 1. The van der Waals surface area contributed by atoms with Crippen LogP contribution in [0.1, 0.15) is 49.2 Å². The third-order valence-electron chi connectivity index (χ3n) is 5.37. The van der Waals surface area contributed by atoms with E-state index in [1.54, 1.807) is 6.07 Å². The monoisotopic (exact) mass is 348 g/mol. The van der Waals surface area contributed by atoms with Crippen molar-refractivity contribution in [1.29, 1.82) is 0 Å². The van der Waals surface area contributed by atoms with Crippen LogP contribution in [-0.2, 0) is 9.59 Å². The molecule has 0 spiro atoms. The highest BCUT2D eigenvalue weighted by Gasteiger charge is 2.51. The molecule has 0 aromatic carbocycles. The highest BCUT2D eigenvalue weighted by molar-refractivity contribution is 7.12. The van der Waals surface area contributed by atoms with E-state index in [0.717, 1.165) is 30.8 Å². The first-order valence-corrected chi connectivity index (χ1v) is 9.43. The van der Waals surface area contributed by atoms with E-state index < -0.39 is 0 Å². The lowest BCUT2D eigenvalue weighted by Gasteiger charge is -2.50. The molecule has 1 N–H and O–H groups in total. The van der Waals surface area contributed by atoms with Crippen molar-refractivity contribution in [2.24, 2.45) is 11.3 Å². The second-order valence-corrected chi connectivity index (χ2v) is 8.24. The second kappa shape index (κ2) is 6.67. The average Bonchev–Trinajstić information content (AvgIpc) is 3.12. The van der Waals surface area contributed by atoms with Gasteiger partial charge in [-0.2, -0.15) is 0 Å². The molecule has 0 aliphatic carbocycles. The Kier molecular flexibility index (Phi) is 4.76. The second-order valence-electron chi connectivity index (χ2n) is 7.29. The minimum atomic E-state index is -0.288. The maximum absolute atomic E-state index is 12.3. The SMILES string of the molecule is CC1(C)C(=O)N[C@@H]1C1CCN(C(=O)CCC(=O)c2cccs2)CC1. The van der Waals surface area contributed by atoms with Gasteiger partial charge in [-0.05, 0) is 44.1 Å². The number of thiophene rings is 1. The smallest absolute Gasteiger partial charge is 0.228 e. The van der Waals surface area contributed by atoms with Crippen LogP contribution in [0, 0.1) is 11.3 Å². The summed E-state index contributed by atoms with van der Waals surface area (Å²) in [6.07, 6.45) is 2.40. The molecule has 2 amide bonds. The fraction of sp³-hybridized carbons (Fsp3) is 0.611. The molecule has 6 heteroatoms. The van der Waals surface area contributed by atoms with E-state index in [4.69, 9.17) is 0 Å². The molecule has 2 aliphatic heterocycles. The maximum Gasteiger partial charge on any atom is 0.228 e. The van der Waals surface area contributed by atoms with Crippen LogP contribution in [0.4, 0.5) is 0 Å². The van der Waals surface area contributed by atoms with Crippen LogP contribution in [-0.4, -0.2) is 41.6 Å². The topological polar surface area (TPSA) is 66.5 Å². The van der Waals surface area contributed by atoms with E-state index in [1.807, 2.05) is 30.2 Å². The van der Waals surface area contributed by atoms with E-state index in [9.17, 15) is 14.4 Å². The van der Waals surface area contributed by atoms with Gasteiger partial charge in [-0.25, -0.2) is 0 Å². The van der Waals surface area contributed by atoms with Crippen molar-refractivity contribution < 1.29 is 14.4 Å². The minimum Gasteiger partial charge on any atom is -0.351 e. The van der Waals surface area contributed by atoms with Crippen molar-refractivity contribution >= 4 is 28.9 Å². The molecule has 2 saturated heterocycles. The number of ketones is 1. The Labute approximate surface area is 146 Å². The Morgan fingerprint density at radius 3 is 2.54 bits per heavy atom. The molecule has 1 aromatic heterocycles. The first-order valence-electron chi connectivity index (χ1n) is 8.55. The highest BCUT2D eigenvalue weighted by atomic mass is 32.1. The Bertz CT molecular complexity index is 631. The summed E-state index contributed by atoms with van der Waals surface area (Å²) in [5.41, 5.74) is -0.288. The predicted octanol–water partition coefficient (Wildman–Crippen LogP) is 2.47. The number of Topliss-reactive ketones (excluding diaryl/α,β-unsaturated/α-hetero) is 1. The molecular formula is C18H24N2O3S.